The summed E-state index contributed by atoms with van der Waals surface area (Å²) in [5.74, 6) is 0.584. The van der Waals surface area contributed by atoms with Crippen LogP contribution in [0.25, 0.3) is 0 Å². The molecule has 2 aliphatic heterocycles. The number of nitrogens with zero attached hydrogens (tertiary/aromatic N) is 3. The minimum absolute atomic E-state index is 0.00354. The number of hydrogen-bond donors (Lipinski definition) is 1. The van der Waals surface area contributed by atoms with Crippen LogP contribution < -0.4 is 5.32 Å². The van der Waals surface area contributed by atoms with E-state index in [2.05, 4.69) is 10.4 Å². The lowest BCUT2D eigenvalue weighted by Crippen LogP contribution is -2.39. The molecule has 3 heterocycles. The van der Waals surface area contributed by atoms with Crippen LogP contribution in [0.5, 0.6) is 0 Å². The zero-order chi connectivity index (χ0) is 19.5. The van der Waals surface area contributed by atoms with Crippen molar-refractivity contribution in [3.8, 4) is 0 Å². The molecule has 0 unspecified atom stereocenters. The van der Waals surface area contributed by atoms with Gasteiger partial charge in [-0.05, 0) is 37.5 Å². The second-order valence-electron chi connectivity index (χ2n) is 7.24. The van der Waals surface area contributed by atoms with Gasteiger partial charge in [-0.15, -0.1) is 0 Å². The maximum Gasteiger partial charge on any atom is 0.253 e. The van der Waals surface area contributed by atoms with Crippen LogP contribution in [-0.2, 0) is 9.53 Å². The number of aromatic nitrogens is 2. The largest absolute Gasteiger partial charge is 0.381 e. The van der Waals surface area contributed by atoms with Gasteiger partial charge in [0.2, 0.25) is 5.91 Å². The van der Waals surface area contributed by atoms with E-state index < -0.39 is 0 Å². The average Bonchev–Trinajstić information content (AvgIpc) is 3.40. The van der Waals surface area contributed by atoms with Gasteiger partial charge in [-0.2, -0.15) is 5.10 Å². The van der Waals surface area contributed by atoms with Gasteiger partial charge in [0.05, 0.1) is 24.8 Å². The number of halogens is 1. The maximum absolute atomic E-state index is 12.7. The zero-order valence-electron chi connectivity index (χ0n) is 15.5. The average molecular weight is 403 g/mol. The molecule has 2 aliphatic rings. The Morgan fingerprint density at radius 3 is 2.71 bits per heavy atom. The second-order valence-corrected chi connectivity index (χ2v) is 7.68. The van der Waals surface area contributed by atoms with Crippen molar-refractivity contribution in [2.75, 3.05) is 31.6 Å². The summed E-state index contributed by atoms with van der Waals surface area (Å²) in [7, 11) is 0. The Labute approximate surface area is 168 Å². The summed E-state index contributed by atoms with van der Waals surface area (Å²) in [4.78, 5) is 26.9. The number of ether oxygens (including phenoxy) is 1. The van der Waals surface area contributed by atoms with Crippen LogP contribution in [0.1, 0.15) is 35.7 Å². The Morgan fingerprint density at radius 1 is 1.18 bits per heavy atom. The highest BCUT2D eigenvalue weighted by atomic mass is 35.5. The van der Waals surface area contributed by atoms with Crippen molar-refractivity contribution in [2.24, 2.45) is 5.92 Å². The molecule has 2 aromatic rings. The van der Waals surface area contributed by atoms with Crippen molar-refractivity contribution in [3.63, 3.8) is 0 Å². The number of rotatable bonds is 4. The van der Waals surface area contributed by atoms with Gasteiger partial charge in [-0.25, -0.2) is 4.68 Å². The highest BCUT2D eigenvalue weighted by molar-refractivity contribution is 6.30. The summed E-state index contributed by atoms with van der Waals surface area (Å²) in [6.07, 6.45) is 4.01. The van der Waals surface area contributed by atoms with Gasteiger partial charge in [0.25, 0.3) is 5.91 Å². The van der Waals surface area contributed by atoms with Gasteiger partial charge in [0.1, 0.15) is 5.82 Å². The molecule has 2 saturated heterocycles. The monoisotopic (exact) mass is 402 g/mol. The Kier molecular flexibility index (Phi) is 5.64. The number of anilines is 1. The third-order valence-electron chi connectivity index (χ3n) is 5.39. The SMILES string of the molecule is O=C(Nc1ccnn1C1CCN(C(=O)c2cccc(Cl)c2)CC1)[C@H]1CCOC1. The molecule has 4 rings (SSSR count). The van der Waals surface area contributed by atoms with Crippen molar-refractivity contribution in [1.29, 1.82) is 0 Å². The molecular formula is C20H23ClN4O3. The van der Waals surface area contributed by atoms with E-state index in [-0.39, 0.29) is 23.8 Å². The van der Waals surface area contributed by atoms with Crippen LogP contribution in [0.3, 0.4) is 0 Å². The molecule has 7 nitrogen and oxygen atoms in total. The third-order valence-corrected chi connectivity index (χ3v) is 5.63. The van der Waals surface area contributed by atoms with E-state index in [9.17, 15) is 9.59 Å². The van der Waals surface area contributed by atoms with E-state index in [1.165, 1.54) is 0 Å². The molecule has 148 valence electrons. The molecule has 8 heteroatoms. The van der Waals surface area contributed by atoms with Crippen molar-refractivity contribution in [2.45, 2.75) is 25.3 Å². The lowest BCUT2D eigenvalue weighted by Gasteiger charge is -2.33. The lowest BCUT2D eigenvalue weighted by molar-refractivity contribution is -0.119. The summed E-state index contributed by atoms with van der Waals surface area (Å²) in [5.41, 5.74) is 0.608. The number of carbonyl (C=O) groups excluding carboxylic acids is 2. The molecule has 1 atom stereocenters. The summed E-state index contributed by atoms with van der Waals surface area (Å²) < 4.78 is 7.16. The quantitative estimate of drug-likeness (QED) is 0.852. The van der Waals surface area contributed by atoms with Gasteiger partial charge in [-0.1, -0.05) is 17.7 Å². The van der Waals surface area contributed by atoms with E-state index in [1.54, 1.807) is 30.5 Å². The summed E-state index contributed by atoms with van der Waals surface area (Å²) in [6, 6.07) is 9.00. The van der Waals surface area contributed by atoms with Crippen molar-refractivity contribution < 1.29 is 14.3 Å². The number of amides is 2. The fraction of sp³-hybridized carbons (Fsp3) is 0.450. The Balaban J connectivity index is 1.37. The molecule has 0 radical (unpaired) electrons. The molecule has 28 heavy (non-hydrogen) atoms. The van der Waals surface area contributed by atoms with Crippen molar-refractivity contribution >= 4 is 29.2 Å². The number of hydrogen-bond acceptors (Lipinski definition) is 4. The van der Waals surface area contributed by atoms with Crippen molar-refractivity contribution in [1.82, 2.24) is 14.7 Å². The zero-order valence-corrected chi connectivity index (χ0v) is 16.3. The van der Waals surface area contributed by atoms with Crippen LogP contribution in [0, 0.1) is 5.92 Å². The fourth-order valence-electron chi connectivity index (χ4n) is 3.79. The van der Waals surface area contributed by atoms with Crippen LogP contribution in [-0.4, -0.2) is 52.8 Å². The fourth-order valence-corrected chi connectivity index (χ4v) is 3.98. The first-order chi connectivity index (χ1) is 13.6. The standard InChI is InChI=1S/C20H23ClN4O3/c21-16-3-1-2-14(12-16)20(27)24-9-5-17(6-10-24)25-18(4-8-22-25)23-19(26)15-7-11-28-13-15/h1-4,8,12,15,17H,5-7,9-11,13H2,(H,23,26)/t15-/m0/s1. The molecule has 1 aromatic carbocycles. The lowest BCUT2D eigenvalue weighted by atomic mass is 10.0. The molecule has 0 bridgehead atoms. The first kappa shape index (κ1) is 19.0. The Bertz CT molecular complexity index is 855. The second kappa shape index (κ2) is 8.32. The third kappa shape index (κ3) is 4.05. The Hall–Kier alpha value is -2.38. The molecule has 0 aliphatic carbocycles. The first-order valence-corrected chi connectivity index (χ1v) is 9.96. The molecule has 1 N–H and O–H groups in total. The first-order valence-electron chi connectivity index (χ1n) is 9.59. The topological polar surface area (TPSA) is 76.5 Å². The van der Waals surface area contributed by atoms with E-state index in [1.807, 2.05) is 15.6 Å². The van der Waals surface area contributed by atoms with E-state index in [0.717, 1.165) is 19.3 Å². The minimum Gasteiger partial charge on any atom is -0.381 e. The number of benzene rings is 1. The summed E-state index contributed by atoms with van der Waals surface area (Å²) in [5, 5.41) is 7.95. The summed E-state index contributed by atoms with van der Waals surface area (Å²) >= 11 is 6.00. The number of piperidine rings is 1. The number of nitrogens with one attached hydrogen (secondary N) is 1. The minimum atomic E-state index is -0.0967. The van der Waals surface area contributed by atoms with E-state index in [4.69, 9.17) is 16.3 Å². The Morgan fingerprint density at radius 2 is 2.00 bits per heavy atom. The van der Waals surface area contributed by atoms with Gasteiger partial charge in [-0.3, -0.25) is 9.59 Å². The summed E-state index contributed by atoms with van der Waals surface area (Å²) in [6.45, 7) is 2.39. The van der Waals surface area contributed by atoms with Crippen LogP contribution in [0.15, 0.2) is 36.5 Å². The normalized spacial score (nSPS) is 20.3. The highest BCUT2D eigenvalue weighted by Crippen LogP contribution is 2.27. The van der Waals surface area contributed by atoms with Crippen LogP contribution in [0.2, 0.25) is 5.02 Å². The number of likely N-dealkylation sites (tertiary alicyclic amines) is 1. The molecular weight excluding hydrogens is 380 g/mol. The maximum atomic E-state index is 12.7. The van der Waals surface area contributed by atoms with Gasteiger partial charge >= 0.3 is 0 Å². The highest BCUT2D eigenvalue weighted by Gasteiger charge is 2.28. The molecule has 1 aromatic heterocycles. The molecule has 2 fully saturated rings. The molecule has 0 saturated carbocycles. The van der Waals surface area contributed by atoms with E-state index in [0.29, 0.717) is 42.7 Å². The van der Waals surface area contributed by atoms with Crippen LogP contribution >= 0.6 is 11.6 Å². The van der Waals surface area contributed by atoms with Gasteiger partial charge < -0.3 is 15.0 Å². The number of carbonyl (C=O) groups is 2. The predicted octanol–water partition coefficient (Wildman–Crippen LogP) is 2.99. The van der Waals surface area contributed by atoms with Crippen molar-refractivity contribution in [3.05, 3.63) is 47.1 Å². The van der Waals surface area contributed by atoms with Crippen LogP contribution in [0.4, 0.5) is 5.82 Å². The van der Waals surface area contributed by atoms with Gasteiger partial charge in [0.15, 0.2) is 0 Å². The molecule has 2 amide bonds. The smallest absolute Gasteiger partial charge is 0.253 e. The van der Waals surface area contributed by atoms with Gasteiger partial charge in [0, 0.05) is 36.3 Å². The predicted molar refractivity (Wildman–Crippen MR) is 105 cm³/mol. The van der Waals surface area contributed by atoms with E-state index >= 15 is 0 Å². The molecule has 0 spiro atoms.